The number of nitriles is 1. The first kappa shape index (κ1) is 22.0. The van der Waals surface area contributed by atoms with Gasteiger partial charge >= 0.3 is 0 Å². The van der Waals surface area contributed by atoms with Gasteiger partial charge in [0, 0.05) is 6.92 Å². The number of nitrogens with one attached hydrogen (secondary N) is 1. The minimum Gasteiger partial charge on any atom is -0.394 e. The Morgan fingerprint density at radius 1 is 1.37 bits per heavy atom. The molecular formula is C17H22N6O7. The summed E-state index contributed by atoms with van der Waals surface area (Å²) in [5.41, 5.74) is 0.679. The van der Waals surface area contributed by atoms with Gasteiger partial charge in [0.25, 0.3) is 0 Å². The third kappa shape index (κ3) is 4.87. The van der Waals surface area contributed by atoms with Gasteiger partial charge in [0.1, 0.15) is 38.2 Å². The Bertz CT molecular complexity index is 900. The van der Waals surface area contributed by atoms with Gasteiger partial charge in [-0.25, -0.2) is 15.0 Å². The van der Waals surface area contributed by atoms with Crippen LogP contribution >= 0.6 is 0 Å². The molecule has 3 rings (SSSR count). The van der Waals surface area contributed by atoms with Crippen LogP contribution in [-0.4, -0.2) is 80.8 Å². The molecule has 1 amide bonds. The molecule has 162 valence electrons. The fraction of sp³-hybridized carbons (Fsp3) is 0.588. The number of carbonyl (C=O) groups is 1. The van der Waals surface area contributed by atoms with Crippen LogP contribution in [-0.2, 0) is 23.7 Å². The predicted molar refractivity (Wildman–Crippen MR) is 98.5 cm³/mol. The Morgan fingerprint density at radius 3 is 2.93 bits per heavy atom. The predicted octanol–water partition coefficient (Wildman–Crippen LogP) is -0.718. The van der Waals surface area contributed by atoms with E-state index in [1.807, 2.05) is 6.07 Å². The van der Waals surface area contributed by atoms with E-state index in [4.69, 9.17) is 24.2 Å². The number of ether oxygens (including phenoxy) is 4. The van der Waals surface area contributed by atoms with E-state index < -0.39 is 31.1 Å². The molecule has 1 fully saturated rings. The van der Waals surface area contributed by atoms with E-state index in [-0.39, 0.29) is 38.3 Å². The highest BCUT2D eigenvalue weighted by molar-refractivity contribution is 5.95. The lowest BCUT2D eigenvalue weighted by Crippen LogP contribution is -2.36. The molecule has 13 nitrogen and oxygen atoms in total. The molecule has 1 saturated heterocycles. The van der Waals surface area contributed by atoms with E-state index in [1.54, 1.807) is 0 Å². The second-order valence-corrected chi connectivity index (χ2v) is 6.35. The third-order valence-corrected chi connectivity index (χ3v) is 4.29. The molecule has 0 aromatic carbocycles. The van der Waals surface area contributed by atoms with Crippen molar-refractivity contribution in [1.82, 2.24) is 19.5 Å². The maximum absolute atomic E-state index is 11.4. The monoisotopic (exact) mass is 422 g/mol. The molecule has 0 saturated carbocycles. The van der Waals surface area contributed by atoms with E-state index in [1.165, 1.54) is 24.1 Å². The molecular weight excluding hydrogens is 400 g/mol. The van der Waals surface area contributed by atoms with Gasteiger partial charge in [-0.2, -0.15) is 5.26 Å². The number of carbonyl (C=O) groups excluding carboxylic acids is 1. The molecule has 4 atom stereocenters. The summed E-state index contributed by atoms with van der Waals surface area (Å²) in [6, 6.07) is 1.94. The Balaban J connectivity index is 1.74. The number of amides is 1. The molecule has 2 aromatic heterocycles. The summed E-state index contributed by atoms with van der Waals surface area (Å²) in [7, 11) is 0. The van der Waals surface area contributed by atoms with Crippen LogP contribution in [0.3, 0.4) is 0 Å². The van der Waals surface area contributed by atoms with Gasteiger partial charge in [0.2, 0.25) is 5.91 Å². The molecule has 3 heterocycles. The van der Waals surface area contributed by atoms with E-state index >= 15 is 0 Å². The molecule has 0 spiro atoms. The first-order valence-electron chi connectivity index (χ1n) is 9.10. The van der Waals surface area contributed by atoms with E-state index in [2.05, 4.69) is 20.3 Å². The van der Waals surface area contributed by atoms with Gasteiger partial charge in [0.15, 0.2) is 23.2 Å². The second kappa shape index (κ2) is 10.3. The summed E-state index contributed by atoms with van der Waals surface area (Å²) in [4.78, 5) is 23.8. The number of hydrogen-bond acceptors (Lipinski definition) is 11. The molecule has 0 radical (unpaired) electrons. The highest BCUT2D eigenvalue weighted by atomic mass is 16.7. The van der Waals surface area contributed by atoms with Crippen molar-refractivity contribution in [1.29, 1.82) is 5.26 Å². The molecule has 13 heteroatoms. The molecule has 2 aromatic rings. The first-order chi connectivity index (χ1) is 14.6. The van der Waals surface area contributed by atoms with Gasteiger partial charge in [-0.15, -0.1) is 0 Å². The quantitative estimate of drug-likeness (QED) is 0.326. The zero-order chi connectivity index (χ0) is 21.5. The van der Waals surface area contributed by atoms with E-state index in [9.17, 15) is 15.0 Å². The summed E-state index contributed by atoms with van der Waals surface area (Å²) in [6.45, 7) is 0.861. The highest BCUT2D eigenvalue weighted by Gasteiger charge is 2.46. The van der Waals surface area contributed by atoms with Crippen molar-refractivity contribution in [2.45, 2.75) is 37.9 Å². The zero-order valence-electron chi connectivity index (χ0n) is 16.2. The van der Waals surface area contributed by atoms with Crippen molar-refractivity contribution in [2.24, 2.45) is 0 Å². The van der Waals surface area contributed by atoms with Crippen LogP contribution in [0.4, 0.5) is 5.82 Å². The number of hydrogen-bond donors (Lipinski definition) is 3. The number of rotatable bonds is 10. The smallest absolute Gasteiger partial charge is 0.222 e. The number of imidazole rings is 1. The number of fused-ring (bicyclic) bond motifs is 1. The van der Waals surface area contributed by atoms with Crippen molar-refractivity contribution in [2.75, 3.05) is 32.1 Å². The van der Waals surface area contributed by atoms with Crippen LogP contribution < -0.4 is 5.32 Å². The fourth-order valence-electron chi connectivity index (χ4n) is 2.97. The highest BCUT2D eigenvalue weighted by Crippen LogP contribution is 2.34. The molecule has 0 aliphatic carbocycles. The number of nitrogens with zero attached hydrogens (tertiary/aromatic N) is 5. The lowest BCUT2D eigenvalue weighted by molar-refractivity contribution is -0.174. The van der Waals surface area contributed by atoms with Crippen LogP contribution in [0.15, 0.2) is 12.7 Å². The van der Waals surface area contributed by atoms with Crippen molar-refractivity contribution >= 4 is 22.9 Å². The van der Waals surface area contributed by atoms with Crippen molar-refractivity contribution in [3.05, 3.63) is 12.7 Å². The minimum absolute atomic E-state index is 0.0826. The molecule has 30 heavy (non-hydrogen) atoms. The Morgan fingerprint density at radius 2 is 2.20 bits per heavy atom. The van der Waals surface area contributed by atoms with Crippen LogP contribution in [0.1, 0.15) is 19.6 Å². The zero-order valence-corrected chi connectivity index (χ0v) is 16.2. The van der Waals surface area contributed by atoms with Gasteiger partial charge in [-0.1, -0.05) is 0 Å². The largest absolute Gasteiger partial charge is 0.394 e. The number of anilines is 1. The van der Waals surface area contributed by atoms with Crippen molar-refractivity contribution < 1.29 is 34.0 Å². The lowest BCUT2D eigenvalue weighted by atomic mass is 10.1. The standard InChI is InChI=1S/C17H22N6O7/c1-10(25)22-15-12-16(20-6-19-15)23(7-21-12)17-14(13(26)11(5-24)30-17)29-9-28-8-27-4-2-3-18/h6-7,11,13-14,17,24,26H,2,4-5,8-9H2,1H3,(H,19,20,22,25)/t11-,13?,14+,17-/m1/s1. The molecule has 1 unspecified atom stereocenters. The van der Waals surface area contributed by atoms with Crippen LogP contribution in [0.25, 0.3) is 11.2 Å². The minimum atomic E-state index is -1.14. The molecule has 3 N–H and O–H groups in total. The summed E-state index contributed by atoms with van der Waals surface area (Å²) in [5.74, 6) is -0.0772. The van der Waals surface area contributed by atoms with E-state index in [0.717, 1.165) is 0 Å². The van der Waals surface area contributed by atoms with Gasteiger partial charge in [-0.05, 0) is 0 Å². The number of aliphatic hydroxyl groups is 2. The molecule has 1 aliphatic heterocycles. The van der Waals surface area contributed by atoms with Crippen molar-refractivity contribution in [3.63, 3.8) is 0 Å². The normalized spacial score (nSPS) is 23.5. The van der Waals surface area contributed by atoms with Crippen molar-refractivity contribution in [3.8, 4) is 6.07 Å². The summed E-state index contributed by atoms with van der Waals surface area (Å²) >= 11 is 0. The Kier molecular flexibility index (Phi) is 7.57. The van der Waals surface area contributed by atoms with Gasteiger partial charge in [0.05, 0.1) is 32.0 Å². The van der Waals surface area contributed by atoms with E-state index in [0.29, 0.717) is 11.2 Å². The number of aliphatic hydroxyl groups excluding tert-OH is 2. The van der Waals surface area contributed by atoms with Crippen LogP contribution in [0.2, 0.25) is 0 Å². The summed E-state index contributed by atoms with van der Waals surface area (Å²) in [6.07, 6.45) is -0.876. The number of aromatic nitrogens is 4. The van der Waals surface area contributed by atoms with Crippen LogP contribution in [0, 0.1) is 11.3 Å². The molecule has 1 aliphatic rings. The fourth-order valence-corrected chi connectivity index (χ4v) is 2.97. The van der Waals surface area contributed by atoms with Gasteiger partial charge in [-0.3, -0.25) is 9.36 Å². The summed E-state index contributed by atoms with van der Waals surface area (Å²) in [5, 5.41) is 31.0. The summed E-state index contributed by atoms with van der Waals surface area (Å²) < 4.78 is 23.2. The Hall–Kier alpha value is -2.73. The lowest BCUT2D eigenvalue weighted by Gasteiger charge is -2.22. The maximum atomic E-state index is 11.4. The average molecular weight is 422 g/mol. The van der Waals surface area contributed by atoms with Gasteiger partial charge < -0.3 is 34.5 Å². The second-order valence-electron chi connectivity index (χ2n) is 6.35. The first-order valence-corrected chi connectivity index (χ1v) is 9.10. The van der Waals surface area contributed by atoms with Crippen LogP contribution in [0.5, 0.6) is 0 Å². The average Bonchev–Trinajstić information content (AvgIpc) is 3.28. The SMILES string of the molecule is CC(=O)Nc1ncnc2c1ncn2[C@@H]1O[C@H](CO)C(O)[C@@H]1OCOCOCCC#N. The molecule has 0 bridgehead atoms. The Labute approximate surface area is 171 Å². The third-order valence-electron chi connectivity index (χ3n) is 4.29. The topological polar surface area (TPSA) is 174 Å². The maximum Gasteiger partial charge on any atom is 0.222 e.